The van der Waals surface area contributed by atoms with Gasteiger partial charge in [0, 0.05) is 70.5 Å². The fourth-order valence-electron chi connectivity index (χ4n) is 4.20. The van der Waals surface area contributed by atoms with Crippen LogP contribution in [0.15, 0.2) is 4.99 Å². The fourth-order valence-corrected chi connectivity index (χ4v) is 4.20. The van der Waals surface area contributed by atoms with Crippen LogP contribution in [0.25, 0.3) is 0 Å². The van der Waals surface area contributed by atoms with Gasteiger partial charge in [-0.15, -0.1) is 0 Å². The molecule has 0 spiro atoms. The zero-order chi connectivity index (χ0) is 17.1. The van der Waals surface area contributed by atoms with Crippen LogP contribution < -0.4 is 10.6 Å². The average Bonchev–Trinajstić information content (AvgIpc) is 2.95. The summed E-state index contributed by atoms with van der Waals surface area (Å²) in [5.41, 5.74) is 0. The van der Waals surface area contributed by atoms with E-state index in [2.05, 4.69) is 53.0 Å². The summed E-state index contributed by atoms with van der Waals surface area (Å²) in [5, 5.41) is 7.15. The molecule has 6 nitrogen and oxygen atoms in total. The third-order valence-electron chi connectivity index (χ3n) is 5.89. The Labute approximate surface area is 147 Å². The average molecular weight is 337 g/mol. The largest absolute Gasteiger partial charge is 0.357 e. The molecular weight excluding hydrogens is 300 g/mol. The molecule has 4 saturated heterocycles. The molecule has 138 valence electrons. The molecule has 3 atom stereocenters. The van der Waals surface area contributed by atoms with Crippen molar-refractivity contribution < 1.29 is 0 Å². The van der Waals surface area contributed by atoms with Crippen molar-refractivity contribution in [2.24, 2.45) is 10.9 Å². The van der Waals surface area contributed by atoms with Gasteiger partial charge in [-0.3, -0.25) is 19.7 Å². The van der Waals surface area contributed by atoms with Crippen molar-refractivity contribution in [3.05, 3.63) is 0 Å². The molecule has 0 radical (unpaired) electrons. The Balaban J connectivity index is 1.56. The second kappa shape index (κ2) is 8.02. The minimum absolute atomic E-state index is 0.497. The number of nitrogens with zero attached hydrogens (tertiary/aromatic N) is 4. The van der Waals surface area contributed by atoms with E-state index in [9.17, 15) is 0 Å². The first-order chi connectivity index (χ1) is 11.6. The van der Waals surface area contributed by atoms with Gasteiger partial charge in [-0.1, -0.05) is 6.92 Å². The van der Waals surface area contributed by atoms with Crippen molar-refractivity contribution in [3.8, 4) is 0 Å². The minimum Gasteiger partial charge on any atom is -0.357 e. The molecule has 0 aliphatic carbocycles. The number of aliphatic imine (C=N–C) groups is 1. The molecule has 0 saturated carbocycles. The van der Waals surface area contributed by atoms with E-state index in [1.807, 2.05) is 0 Å². The van der Waals surface area contributed by atoms with Gasteiger partial charge >= 0.3 is 0 Å². The van der Waals surface area contributed by atoms with E-state index in [0.717, 1.165) is 25.6 Å². The number of nitrogens with one attached hydrogen (secondary N) is 2. The molecule has 4 aliphatic rings. The Morgan fingerprint density at radius 1 is 1.12 bits per heavy atom. The molecule has 6 heteroatoms. The van der Waals surface area contributed by atoms with Crippen LogP contribution in [0.5, 0.6) is 0 Å². The molecule has 2 N–H and O–H groups in total. The highest BCUT2D eigenvalue weighted by molar-refractivity contribution is 5.80. The van der Waals surface area contributed by atoms with E-state index in [1.165, 1.54) is 39.3 Å². The third kappa shape index (κ3) is 4.21. The van der Waals surface area contributed by atoms with E-state index in [4.69, 9.17) is 4.99 Å². The quantitative estimate of drug-likeness (QED) is 0.557. The van der Waals surface area contributed by atoms with Crippen LogP contribution in [-0.2, 0) is 0 Å². The summed E-state index contributed by atoms with van der Waals surface area (Å²) < 4.78 is 0. The number of rotatable bonds is 5. The van der Waals surface area contributed by atoms with Crippen molar-refractivity contribution in [3.63, 3.8) is 0 Å². The highest BCUT2D eigenvalue weighted by Crippen LogP contribution is 2.19. The van der Waals surface area contributed by atoms with Crippen LogP contribution in [0.4, 0.5) is 0 Å². The first-order valence-corrected chi connectivity index (χ1v) is 9.82. The Morgan fingerprint density at radius 2 is 1.88 bits per heavy atom. The zero-order valence-corrected chi connectivity index (χ0v) is 16.0. The van der Waals surface area contributed by atoms with Gasteiger partial charge in [-0.05, 0) is 26.7 Å². The summed E-state index contributed by atoms with van der Waals surface area (Å²) in [6, 6.07) is 1.71. The van der Waals surface area contributed by atoms with Crippen LogP contribution in [0.3, 0.4) is 0 Å². The van der Waals surface area contributed by atoms with Crippen LogP contribution in [0, 0.1) is 5.92 Å². The molecule has 24 heavy (non-hydrogen) atoms. The van der Waals surface area contributed by atoms with Crippen molar-refractivity contribution in [2.45, 2.75) is 45.8 Å². The first-order valence-electron chi connectivity index (χ1n) is 9.82. The summed E-state index contributed by atoms with van der Waals surface area (Å²) in [4.78, 5) is 12.7. The molecule has 2 bridgehead atoms. The normalized spacial score (nSPS) is 37.2. The predicted octanol–water partition coefficient (Wildman–Crippen LogP) is 0.270. The third-order valence-corrected chi connectivity index (χ3v) is 5.89. The standard InChI is InChI=1S/C18H36N6/c1-5-19-18(21-17-13-24(14(2)3)11-15(17)4)20-10-16-12-22-6-8-23(16)9-7-22/h14-17H,5-13H2,1-4H3,(H2,19,20,21). The van der Waals surface area contributed by atoms with Crippen molar-refractivity contribution in [1.29, 1.82) is 0 Å². The van der Waals surface area contributed by atoms with Crippen molar-refractivity contribution in [2.75, 3.05) is 58.9 Å². The lowest BCUT2D eigenvalue weighted by atomic mass is 10.1. The highest BCUT2D eigenvalue weighted by Gasteiger charge is 2.33. The monoisotopic (exact) mass is 336 g/mol. The molecule has 0 aromatic carbocycles. The lowest BCUT2D eigenvalue weighted by Crippen LogP contribution is -2.62. The summed E-state index contributed by atoms with van der Waals surface area (Å²) >= 11 is 0. The predicted molar refractivity (Wildman–Crippen MR) is 101 cm³/mol. The Morgan fingerprint density at radius 3 is 2.42 bits per heavy atom. The number of piperazine rings is 3. The molecule has 4 fully saturated rings. The van der Waals surface area contributed by atoms with Gasteiger partial charge in [-0.2, -0.15) is 0 Å². The maximum Gasteiger partial charge on any atom is 0.191 e. The van der Waals surface area contributed by atoms with Gasteiger partial charge in [0.2, 0.25) is 0 Å². The van der Waals surface area contributed by atoms with Crippen LogP contribution in [0.1, 0.15) is 27.7 Å². The van der Waals surface area contributed by atoms with E-state index in [1.54, 1.807) is 0 Å². The second-order valence-corrected chi connectivity index (χ2v) is 7.99. The molecule has 0 amide bonds. The summed E-state index contributed by atoms with van der Waals surface area (Å²) in [7, 11) is 0. The Kier molecular flexibility index (Phi) is 6.00. The maximum absolute atomic E-state index is 4.93. The first kappa shape index (κ1) is 18.0. The van der Waals surface area contributed by atoms with Gasteiger partial charge in [-0.25, -0.2) is 0 Å². The highest BCUT2D eigenvalue weighted by atomic mass is 15.4. The summed E-state index contributed by atoms with van der Waals surface area (Å²) in [5.74, 6) is 1.66. The Bertz CT molecular complexity index is 429. The molecule has 4 heterocycles. The van der Waals surface area contributed by atoms with E-state index >= 15 is 0 Å². The second-order valence-electron chi connectivity index (χ2n) is 7.99. The SMILES string of the molecule is CCNC(=NCC1CN2CCN1CC2)NC1CN(C(C)C)CC1C. The molecule has 4 aliphatic heterocycles. The lowest BCUT2D eigenvalue weighted by Gasteiger charge is -2.47. The van der Waals surface area contributed by atoms with Crippen LogP contribution in [0.2, 0.25) is 0 Å². The fraction of sp³-hybridized carbons (Fsp3) is 0.944. The molecule has 0 aromatic heterocycles. The molecular formula is C18H36N6. The van der Waals surface area contributed by atoms with E-state index in [-0.39, 0.29) is 0 Å². The van der Waals surface area contributed by atoms with Gasteiger partial charge in [0.1, 0.15) is 0 Å². The number of hydrogen-bond donors (Lipinski definition) is 2. The number of fused-ring (bicyclic) bond motifs is 3. The lowest BCUT2D eigenvalue weighted by molar-refractivity contribution is 0.0174. The number of guanidine groups is 1. The van der Waals surface area contributed by atoms with Crippen molar-refractivity contribution in [1.82, 2.24) is 25.3 Å². The minimum atomic E-state index is 0.497. The van der Waals surface area contributed by atoms with Crippen LogP contribution >= 0.6 is 0 Å². The topological polar surface area (TPSA) is 46.1 Å². The smallest absolute Gasteiger partial charge is 0.191 e. The van der Waals surface area contributed by atoms with Crippen LogP contribution in [-0.4, -0.2) is 97.7 Å². The van der Waals surface area contributed by atoms with Gasteiger partial charge in [0.15, 0.2) is 5.96 Å². The maximum atomic E-state index is 4.93. The van der Waals surface area contributed by atoms with E-state index in [0.29, 0.717) is 24.0 Å². The molecule has 3 unspecified atom stereocenters. The molecule has 0 aromatic rings. The van der Waals surface area contributed by atoms with Gasteiger partial charge in [0.25, 0.3) is 0 Å². The number of likely N-dealkylation sites (tertiary alicyclic amines) is 1. The zero-order valence-electron chi connectivity index (χ0n) is 16.0. The van der Waals surface area contributed by atoms with Gasteiger partial charge in [0.05, 0.1) is 6.54 Å². The summed E-state index contributed by atoms with van der Waals surface area (Å²) in [6.45, 7) is 19.3. The number of hydrogen-bond acceptors (Lipinski definition) is 4. The molecule has 4 rings (SSSR count). The summed E-state index contributed by atoms with van der Waals surface area (Å²) in [6.07, 6.45) is 0. The Hall–Kier alpha value is -0.850. The van der Waals surface area contributed by atoms with Crippen molar-refractivity contribution >= 4 is 5.96 Å². The van der Waals surface area contributed by atoms with Gasteiger partial charge < -0.3 is 10.6 Å². The van der Waals surface area contributed by atoms with E-state index < -0.39 is 0 Å².